The van der Waals surface area contributed by atoms with Crippen LogP contribution in [0.15, 0.2) is 24.3 Å². The van der Waals surface area contributed by atoms with Crippen molar-refractivity contribution in [2.75, 3.05) is 20.1 Å². The fraction of sp³-hybridized carbons (Fsp3) is 0.500. The van der Waals surface area contributed by atoms with Gasteiger partial charge in [0.2, 0.25) is 11.8 Å². The first kappa shape index (κ1) is 19.4. The van der Waals surface area contributed by atoms with Gasteiger partial charge in [0, 0.05) is 31.1 Å². The molecule has 25 heavy (non-hydrogen) atoms. The van der Waals surface area contributed by atoms with Crippen molar-refractivity contribution in [1.82, 2.24) is 15.5 Å². The number of benzene rings is 1. The number of hydrogen-bond donors (Lipinski definition) is 2. The average molecular weight is 366 g/mol. The van der Waals surface area contributed by atoms with E-state index >= 15 is 0 Å². The van der Waals surface area contributed by atoms with E-state index in [2.05, 4.69) is 10.6 Å². The number of likely N-dealkylation sites (tertiary alicyclic amines) is 1. The van der Waals surface area contributed by atoms with Gasteiger partial charge < -0.3 is 10.2 Å². The Labute approximate surface area is 153 Å². The Balaban J connectivity index is 0.00000225. The molecular weight excluding hydrogens is 342 g/mol. The maximum atomic E-state index is 12.7. The summed E-state index contributed by atoms with van der Waals surface area (Å²) in [4.78, 5) is 37.5. The number of nitrogens with zero attached hydrogens (tertiary/aromatic N) is 1. The van der Waals surface area contributed by atoms with Crippen LogP contribution < -0.4 is 10.6 Å². The quantitative estimate of drug-likeness (QED) is 0.767. The summed E-state index contributed by atoms with van der Waals surface area (Å²) in [5, 5.41) is 5.47. The Bertz CT molecular complexity index is 647. The molecule has 0 spiro atoms. The van der Waals surface area contributed by atoms with Crippen LogP contribution in [-0.2, 0) is 16.0 Å². The van der Waals surface area contributed by atoms with E-state index in [1.807, 2.05) is 36.2 Å². The second-order valence-corrected chi connectivity index (χ2v) is 6.57. The first-order valence-corrected chi connectivity index (χ1v) is 8.46. The van der Waals surface area contributed by atoms with Crippen LogP contribution in [0.3, 0.4) is 0 Å². The molecule has 1 aromatic rings. The molecule has 2 aliphatic rings. The first-order chi connectivity index (χ1) is 11.6. The normalized spacial score (nSPS) is 22.7. The van der Waals surface area contributed by atoms with Crippen LogP contribution in [0, 0.1) is 5.92 Å². The van der Waals surface area contributed by atoms with Gasteiger partial charge in [-0.25, -0.2) is 0 Å². The molecule has 0 bridgehead atoms. The summed E-state index contributed by atoms with van der Waals surface area (Å²) in [7, 11) is 1.90. The molecule has 0 saturated carbocycles. The summed E-state index contributed by atoms with van der Waals surface area (Å²) in [6.07, 6.45) is 2.85. The lowest BCUT2D eigenvalue weighted by atomic mass is 9.97. The zero-order chi connectivity index (χ0) is 17.1. The second-order valence-electron chi connectivity index (χ2n) is 6.57. The monoisotopic (exact) mass is 365 g/mol. The van der Waals surface area contributed by atoms with Crippen molar-refractivity contribution in [3.8, 4) is 0 Å². The largest absolute Gasteiger partial charge is 0.334 e. The Morgan fingerprint density at radius 3 is 2.60 bits per heavy atom. The third-order valence-electron chi connectivity index (χ3n) is 4.83. The van der Waals surface area contributed by atoms with E-state index in [0.29, 0.717) is 12.0 Å². The van der Waals surface area contributed by atoms with Crippen LogP contribution in [-0.4, -0.2) is 48.8 Å². The van der Waals surface area contributed by atoms with E-state index in [0.717, 1.165) is 31.5 Å². The van der Waals surface area contributed by atoms with Gasteiger partial charge in [-0.05, 0) is 44.0 Å². The molecule has 2 N–H and O–H groups in total. The van der Waals surface area contributed by atoms with Gasteiger partial charge in [-0.3, -0.25) is 19.7 Å². The number of hydrogen-bond acceptors (Lipinski definition) is 4. The molecule has 2 heterocycles. The molecule has 1 aromatic carbocycles. The number of likely N-dealkylation sites (N-methyl/N-ethyl adjacent to an activating group) is 1. The molecule has 0 aliphatic carbocycles. The van der Waals surface area contributed by atoms with Crippen LogP contribution in [0.2, 0.25) is 0 Å². The van der Waals surface area contributed by atoms with E-state index in [-0.39, 0.29) is 48.5 Å². The molecule has 2 aliphatic heterocycles. The molecule has 2 saturated heterocycles. The molecular formula is C18H24ClN3O3. The van der Waals surface area contributed by atoms with Crippen molar-refractivity contribution in [3.63, 3.8) is 0 Å². The Hall–Kier alpha value is -1.92. The predicted octanol–water partition coefficient (Wildman–Crippen LogP) is 1.14. The Morgan fingerprint density at radius 2 is 2.00 bits per heavy atom. The highest BCUT2D eigenvalue weighted by Gasteiger charge is 2.31. The van der Waals surface area contributed by atoms with Crippen molar-refractivity contribution in [2.45, 2.75) is 31.7 Å². The number of nitrogens with one attached hydrogen (secondary N) is 2. The molecule has 3 rings (SSSR count). The zero-order valence-corrected chi connectivity index (χ0v) is 15.1. The van der Waals surface area contributed by atoms with Gasteiger partial charge in [0.05, 0.1) is 5.92 Å². The number of imide groups is 1. The van der Waals surface area contributed by atoms with Gasteiger partial charge >= 0.3 is 0 Å². The molecule has 6 nitrogen and oxygen atoms in total. The minimum atomic E-state index is -0.294. The summed E-state index contributed by atoms with van der Waals surface area (Å²) in [6.45, 7) is 1.62. The highest BCUT2D eigenvalue weighted by molar-refractivity contribution is 6.03. The third-order valence-corrected chi connectivity index (χ3v) is 4.83. The summed E-state index contributed by atoms with van der Waals surface area (Å²) in [5.74, 6) is -0.640. The van der Waals surface area contributed by atoms with E-state index in [1.165, 1.54) is 0 Å². The van der Waals surface area contributed by atoms with Crippen LogP contribution in [0.25, 0.3) is 0 Å². The lowest BCUT2D eigenvalue weighted by Gasteiger charge is -2.24. The number of carbonyl (C=O) groups excluding carboxylic acids is 3. The number of halogens is 1. The number of carbonyl (C=O) groups is 3. The number of rotatable bonds is 5. The van der Waals surface area contributed by atoms with Gasteiger partial charge in [0.15, 0.2) is 0 Å². The van der Waals surface area contributed by atoms with Gasteiger partial charge in [-0.2, -0.15) is 0 Å². The van der Waals surface area contributed by atoms with Crippen LogP contribution in [0.5, 0.6) is 0 Å². The predicted molar refractivity (Wildman–Crippen MR) is 96.6 cm³/mol. The van der Waals surface area contributed by atoms with Crippen molar-refractivity contribution >= 4 is 30.1 Å². The van der Waals surface area contributed by atoms with Crippen LogP contribution in [0.4, 0.5) is 0 Å². The highest BCUT2D eigenvalue weighted by atomic mass is 35.5. The van der Waals surface area contributed by atoms with E-state index in [1.54, 1.807) is 0 Å². The zero-order valence-electron chi connectivity index (χ0n) is 14.3. The third kappa shape index (κ3) is 4.38. The van der Waals surface area contributed by atoms with E-state index in [4.69, 9.17) is 0 Å². The van der Waals surface area contributed by atoms with E-state index in [9.17, 15) is 14.4 Å². The van der Waals surface area contributed by atoms with E-state index < -0.39 is 0 Å². The van der Waals surface area contributed by atoms with Gasteiger partial charge in [0.1, 0.15) is 0 Å². The Morgan fingerprint density at radius 1 is 1.28 bits per heavy atom. The van der Waals surface area contributed by atoms with Gasteiger partial charge in [0.25, 0.3) is 5.91 Å². The maximum absolute atomic E-state index is 12.7. The molecule has 0 aromatic heterocycles. The fourth-order valence-electron chi connectivity index (χ4n) is 3.56. The van der Waals surface area contributed by atoms with Gasteiger partial charge in [-0.1, -0.05) is 12.1 Å². The first-order valence-electron chi connectivity index (χ1n) is 8.46. The summed E-state index contributed by atoms with van der Waals surface area (Å²) >= 11 is 0. The SMILES string of the molecule is CNCC1CCCN1C(=O)c1ccc(CC2CC(=O)NC2=O)cc1.Cl. The smallest absolute Gasteiger partial charge is 0.254 e. The fourth-order valence-corrected chi connectivity index (χ4v) is 3.56. The lowest BCUT2D eigenvalue weighted by Crippen LogP contribution is -2.40. The molecule has 0 radical (unpaired) electrons. The molecule has 2 unspecified atom stereocenters. The van der Waals surface area contributed by atoms with Crippen LogP contribution in [0.1, 0.15) is 35.2 Å². The topological polar surface area (TPSA) is 78.5 Å². The molecule has 2 fully saturated rings. The minimum absolute atomic E-state index is 0. The number of amides is 3. The highest BCUT2D eigenvalue weighted by Crippen LogP contribution is 2.21. The van der Waals surface area contributed by atoms with Crippen molar-refractivity contribution in [1.29, 1.82) is 0 Å². The molecule has 3 amide bonds. The van der Waals surface area contributed by atoms with Crippen LogP contribution >= 0.6 is 12.4 Å². The molecule has 136 valence electrons. The standard InChI is InChI=1S/C18H23N3O3.ClH/c1-19-11-15-3-2-8-21(15)18(24)13-6-4-12(5-7-13)9-14-10-16(22)20-17(14)23;/h4-7,14-15,19H,2-3,8-11H2,1H3,(H,20,22,23);1H. The van der Waals surface area contributed by atoms with Crippen molar-refractivity contribution in [3.05, 3.63) is 35.4 Å². The Kier molecular flexibility index (Phi) is 6.56. The second kappa shape index (κ2) is 8.45. The molecule has 2 atom stereocenters. The minimum Gasteiger partial charge on any atom is -0.334 e. The summed E-state index contributed by atoms with van der Waals surface area (Å²) in [6, 6.07) is 7.66. The lowest BCUT2D eigenvalue weighted by molar-refractivity contribution is -0.125. The van der Waals surface area contributed by atoms with Crippen molar-refractivity contribution < 1.29 is 14.4 Å². The van der Waals surface area contributed by atoms with Crippen molar-refractivity contribution in [2.24, 2.45) is 5.92 Å². The van der Waals surface area contributed by atoms with Gasteiger partial charge in [-0.15, -0.1) is 12.4 Å². The average Bonchev–Trinajstić information content (AvgIpc) is 3.14. The molecule has 7 heteroatoms. The summed E-state index contributed by atoms with van der Waals surface area (Å²) < 4.78 is 0. The maximum Gasteiger partial charge on any atom is 0.254 e. The summed E-state index contributed by atoms with van der Waals surface area (Å²) in [5.41, 5.74) is 1.64.